The summed E-state index contributed by atoms with van der Waals surface area (Å²) in [6.45, 7) is 12.6. The minimum Gasteiger partial charge on any atom is -0.316 e. The average molecular weight is 245 g/mol. The van der Waals surface area contributed by atoms with Gasteiger partial charge >= 0.3 is 0 Å². The van der Waals surface area contributed by atoms with Gasteiger partial charge in [-0.15, -0.1) is 0 Å². The molecule has 0 aromatic carbocycles. The molecule has 0 aliphatic heterocycles. The molecule has 0 unspecified atom stereocenters. The largest absolute Gasteiger partial charge is 0.316 e. The van der Waals surface area contributed by atoms with E-state index in [9.17, 15) is 0 Å². The third-order valence-corrected chi connectivity index (χ3v) is 7.93. The lowest BCUT2D eigenvalue weighted by Crippen LogP contribution is -2.76. The molecule has 3 nitrogen and oxygen atoms in total. The Bertz CT molecular complexity index is 189. The van der Waals surface area contributed by atoms with Crippen molar-refractivity contribution in [3.05, 3.63) is 0 Å². The fourth-order valence-electron chi connectivity index (χ4n) is 2.39. The van der Waals surface area contributed by atoms with Crippen LogP contribution in [0.25, 0.3) is 0 Å². The van der Waals surface area contributed by atoms with Crippen LogP contribution < -0.4 is 14.9 Å². The molecule has 4 heteroatoms. The zero-order chi connectivity index (χ0) is 12.8. The smallest absolute Gasteiger partial charge is 0.286 e. The van der Waals surface area contributed by atoms with E-state index in [4.69, 9.17) is 0 Å². The fourth-order valence-corrected chi connectivity index (χ4v) is 6.16. The van der Waals surface area contributed by atoms with Crippen molar-refractivity contribution < 1.29 is 0 Å². The number of hydrogen-bond donors (Lipinski definition) is 3. The molecule has 0 bridgehead atoms. The van der Waals surface area contributed by atoms with Crippen molar-refractivity contribution in [3.8, 4) is 0 Å². The molecule has 0 aliphatic rings. The normalized spacial score (nSPS) is 13.5. The van der Waals surface area contributed by atoms with E-state index in [1.807, 2.05) is 0 Å². The van der Waals surface area contributed by atoms with Crippen LogP contribution in [-0.4, -0.2) is 29.2 Å². The minimum atomic E-state index is -1.80. The van der Waals surface area contributed by atoms with E-state index >= 15 is 0 Å². The summed E-state index contributed by atoms with van der Waals surface area (Å²) in [6, 6.07) is 0. The topological polar surface area (TPSA) is 36.1 Å². The third-order valence-electron chi connectivity index (χ3n) is 3.42. The maximum absolute atomic E-state index is 3.77. The van der Waals surface area contributed by atoms with E-state index in [1.54, 1.807) is 0 Å². The summed E-state index contributed by atoms with van der Waals surface area (Å²) in [6.07, 6.45) is 2.47. The Labute approximate surface area is 103 Å². The predicted octanol–water partition coefficient (Wildman–Crippen LogP) is 2.19. The molecule has 0 aliphatic carbocycles. The Morgan fingerprint density at radius 3 is 1.94 bits per heavy atom. The van der Waals surface area contributed by atoms with Crippen molar-refractivity contribution >= 4 is 8.56 Å². The zero-order valence-electron chi connectivity index (χ0n) is 12.2. The highest BCUT2D eigenvalue weighted by Gasteiger charge is 2.46. The highest BCUT2D eigenvalue weighted by atomic mass is 28.4. The Morgan fingerprint density at radius 2 is 1.62 bits per heavy atom. The first kappa shape index (κ1) is 16.1. The van der Waals surface area contributed by atoms with Crippen LogP contribution in [0.1, 0.15) is 47.5 Å². The molecule has 0 spiro atoms. The molecule has 0 saturated heterocycles. The second kappa shape index (κ2) is 6.74. The Morgan fingerprint density at radius 1 is 1.12 bits per heavy atom. The van der Waals surface area contributed by atoms with Gasteiger partial charge in [0.1, 0.15) is 0 Å². The highest BCUT2D eigenvalue weighted by Crippen LogP contribution is 2.36. The summed E-state index contributed by atoms with van der Waals surface area (Å²) < 4.78 is 0. The van der Waals surface area contributed by atoms with E-state index in [1.165, 1.54) is 12.8 Å². The standard InChI is InChI=1S/C12H31N3Si/c1-8-9-12(4,5)16(13-6,14-7)15-10-11(2)3/h11,13-15H,8-10H2,1-7H3. The van der Waals surface area contributed by atoms with Crippen LogP contribution in [0.5, 0.6) is 0 Å². The van der Waals surface area contributed by atoms with E-state index in [2.05, 4.69) is 63.7 Å². The van der Waals surface area contributed by atoms with Gasteiger partial charge in [0.25, 0.3) is 8.56 Å². The summed E-state index contributed by atoms with van der Waals surface area (Å²) in [5.41, 5.74) is 0. The summed E-state index contributed by atoms with van der Waals surface area (Å²) in [5, 5.41) is 0.306. The van der Waals surface area contributed by atoms with Crippen LogP contribution in [-0.2, 0) is 0 Å². The minimum absolute atomic E-state index is 0.306. The first-order chi connectivity index (χ1) is 7.35. The lowest BCUT2D eigenvalue weighted by molar-refractivity contribution is 0.510. The molecule has 0 amide bonds. The van der Waals surface area contributed by atoms with Crippen molar-refractivity contribution in [1.29, 1.82) is 0 Å². The van der Waals surface area contributed by atoms with Crippen LogP contribution in [0.4, 0.5) is 0 Å². The van der Waals surface area contributed by atoms with E-state index < -0.39 is 8.56 Å². The van der Waals surface area contributed by atoms with Crippen LogP contribution in [0.3, 0.4) is 0 Å². The van der Waals surface area contributed by atoms with E-state index in [-0.39, 0.29) is 0 Å². The molecule has 0 atom stereocenters. The molecule has 0 aromatic rings. The molecule has 0 saturated carbocycles. The second-order valence-corrected chi connectivity index (χ2v) is 9.87. The molecule has 98 valence electrons. The Balaban J connectivity index is 4.78. The van der Waals surface area contributed by atoms with Gasteiger partial charge in [0, 0.05) is 5.04 Å². The summed E-state index contributed by atoms with van der Waals surface area (Å²) >= 11 is 0. The van der Waals surface area contributed by atoms with Gasteiger partial charge in [-0.2, -0.15) is 0 Å². The molecule has 0 fully saturated rings. The van der Waals surface area contributed by atoms with Crippen molar-refractivity contribution in [3.63, 3.8) is 0 Å². The Kier molecular flexibility index (Phi) is 6.78. The molecule has 3 N–H and O–H groups in total. The highest BCUT2D eigenvalue weighted by molar-refractivity contribution is 6.75. The van der Waals surface area contributed by atoms with Gasteiger partial charge in [0.15, 0.2) is 0 Å². The van der Waals surface area contributed by atoms with E-state index in [0.717, 1.165) is 6.54 Å². The van der Waals surface area contributed by atoms with Gasteiger partial charge in [-0.1, -0.05) is 41.0 Å². The quantitative estimate of drug-likeness (QED) is 0.574. The average Bonchev–Trinajstić information content (AvgIpc) is 2.19. The molecular formula is C12H31N3Si. The van der Waals surface area contributed by atoms with Crippen molar-refractivity contribution in [2.75, 3.05) is 20.6 Å². The molecule has 0 aromatic heterocycles. The van der Waals surface area contributed by atoms with Crippen molar-refractivity contribution in [2.45, 2.75) is 52.5 Å². The van der Waals surface area contributed by atoms with Crippen LogP contribution in [0, 0.1) is 5.92 Å². The first-order valence-corrected chi connectivity index (χ1v) is 8.48. The SMILES string of the molecule is CCCC(C)(C)[Si](NC)(NC)NCC(C)C. The lowest BCUT2D eigenvalue weighted by atomic mass is 10.1. The Hall–Kier alpha value is 0.0969. The van der Waals surface area contributed by atoms with Crippen LogP contribution >= 0.6 is 0 Å². The van der Waals surface area contributed by atoms with Gasteiger partial charge in [0.05, 0.1) is 0 Å². The third kappa shape index (κ3) is 3.84. The molecule has 0 heterocycles. The zero-order valence-corrected chi connectivity index (χ0v) is 13.2. The number of hydrogen-bond acceptors (Lipinski definition) is 3. The monoisotopic (exact) mass is 245 g/mol. The molecule has 16 heavy (non-hydrogen) atoms. The maximum atomic E-state index is 3.77. The second-order valence-electron chi connectivity index (χ2n) is 5.66. The van der Waals surface area contributed by atoms with Gasteiger partial charge in [0.2, 0.25) is 0 Å². The summed E-state index contributed by atoms with van der Waals surface area (Å²) in [5.74, 6) is 0.686. The van der Waals surface area contributed by atoms with Crippen LogP contribution in [0.15, 0.2) is 0 Å². The summed E-state index contributed by atoms with van der Waals surface area (Å²) in [7, 11) is 2.35. The van der Waals surface area contributed by atoms with Crippen molar-refractivity contribution in [1.82, 2.24) is 14.9 Å². The molecule has 0 rings (SSSR count). The predicted molar refractivity (Wildman–Crippen MR) is 75.7 cm³/mol. The molecule has 0 radical (unpaired) electrons. The number of nitrogens with one attached hydrogen (secondary N) is 3. The first-order valence-electron chi connectivity index (χ1n) is 6.48. The molecular weight excluding hydrogens is 214 g/mol. The van der Waals surface area contributed by atoms with Gasteiger partial charge < -0.3 is 14.9 Å². The maximum Gasteiger partial charge on any atom is 0.286 e. The lowest BCUT2D eigenvalue weighted by Gasteiger charge is -2.44. The van der Waals surface area contributed by atoms with Gasteiger partial charge in [-0.05, 0) is 33.0 Å². The number of rotatable bonds is 8. The van der Waals surface area contributed by atoms with E-state index in [0.29, 0.717) is 11.0 Å². The van der Waals surface area contributed by atoms with Gasteiger partial charge in [-0.25, -0.2) is 0 Å². The van der Waals surface area contributed by atoms with Crippen LogP contribution in [0.2, 0.25) is 5.04 Å². The fraction of sp³-hybridized carbons (Fsp3) is 1.00. The van der Waals surface area contributed by atoms with Gasteiger partial charge in [-0.3, -0.25) is 0 Å². The van der Waals surface area contributed by atoms with Crippen molar-refractivity contribution in [2.24, 2.45) is 5.92 Å². The summed E-state index contributed by atoms with van der Waals surface area (Å²) in [4.78, 5) is 10.9.